The van der Waals surface area contributed by atoms with Crippen molar-refractivity contribution in [1.82, 2.24) is 86.1 Å². The number of carbonyl (C=O) groups excluding carboxylic acids is 8. The second kappa shape index (κ2) is 35.9. The molecule has 12 aromatic rings. The number of ether oxygens (including phenoxy) is 1. The molecular formula is C77H85N21O10. The average Bonchev–Trinajstić information content (AvgIpc) is 1.63. The Hall–Kier alpha value is -13.3. The molecular weight excluding hydrogens is 1380 g/mol. The molecule has 0 atom stereocenters. The molecule has 558 valence electrons. The number of urea groups is 4. The lowest BCUT2D eigenvalue weighted by atomic mass is 9.83. The van der Waals surface area contributed by atoms with E-state index < -0.39 is 12.0 Å². The third-order valence-corrected chi connectivity index (χ3v) is 16.9. The maximum Gasteiger partial charge on any atom is 0.340 e. The predicted octanol–water partition coefficient (Wildman–Crippen LogP) is 13.5. The molecule has 1 aliphatic carbocycles. The van der Waals surface area contributed by atoms with E-state index in [-0.39, 0.29) is 58.8 Å². The Bertz CT molecular complexity index is 5190. The van der Waals surface area contributed by atoms with Crippen molar-refractivity contribution < 1.29 is 47.9 Å². The van der Waals surface area contributed by atoms with E-state index in [0.717, 1.165) is 80.8 Å². The minimum absolute atomic E-state index is 0.0132. The summed E-state index contributed by atoms with van der Waals surface area (Å²) in [5.41, 5.74) is 13.1. The summed E-state index contributed by atoms with van der Waals surface area (Å²) < 4.78 is 4.84. The van der Waals surface area contributed by atoms with E-state index in [0.29, 0.717) is 98.8 Å². The van der Waals surface area contributed by atoms with E-state index >= 15 is 0 Å². The van der Waals surface area contributed by atoms with Crippen molar-refractivity contribution in [1.29, 1.82) is 0 Å². The molecule has 1 fully saturated rings. The fraction of sp³-hybridized carbons (Fsp3) is 0.273. The number of imidazole rings is 4. The van der Waals surface area contributed by atoms with Crippen molar-refractivity contribution in [2.45, 2.75) is 80.1 Å². The fourth-order valence-electron chi connectivity index (χ4n) is 11.9. The van der Waals surface area contributed by atoms with Crippen molar-refractivity contribution in [2.24, 2.45) is 11.3 Å². The van der Waals surface area contributed by atoms with Crippen LogP contribution in [-0.2, 0) is 9.57 Å². The third-order valence-electron chi connectivity index (χ3n) is 16.9. The lowest BCUT2D eigenvalue weighted by Crippen LogP contribution is -2.28. The van der Waals surface area contributed by atoms with E-state index in [4.69, 9.17) is 9.57 Å². The molecule has 31 nitrogen and oxygen atoms in total. The van der Waals surface area contributed by atoms with Gasteiger partial charge in [-0.25, -0.2) is 49.0 Å². The number of Topliss-reactive ketones (excluding diaryl/α,β-unsaturated/α-hetero) is 2. The van der Waals surface area contributed by atoms with E-state index in [9.17, 15) is 38.4 Å². The highest BCUT2D eigenvalue weighted by Gasteiger charge is 2.28. The number of anilines is 4. The summed E-state index contributed by atoms with van der Waals surface area (Å²) in [6.07, 6.45) is 19.3. The smallest absolute Gasteiger partial charge is 0.340 e. The average molecular weight is 1460 g/mol. The van der Waals surface area contributed by atoms with Gasteiger partial charge in [-0.1, -0.05) is 64.3 Å². The summed E-state index contributed by atoms with van der Waals surface area (Å²) in [6.45, 7) is 13.1. The molecule has 0 radical (unpaired) electrons. The van der Waals surface area contributed by atoms with Crippen LogP contribution in [0.4, 0.5) is 43.0 Å². The van der Waals surface area contributed by atoms with Gasteiger partial charge in [0.1, 0.15) is 22.1 Å². The van der Waals surface area contributed by atoms with Gasteiger partial charge >= 0.3 is 30.1 Å². The van der Waals surface area contributed by atoms with Crippen LogP contribution in [0.2, 0.25) is 0 Å². The van der Waals surface area contributed by atoms with Crippen molar-refractivity contribution in [3.63, 3.8) is 0 Å². The Kier molecular flexibility index (Phi) is 25.7. The number of rotatable bonds is 18. The summed E-state index contributed by atoms with van der Waals surface area (Å²) >= 11 is 0. The number of H-pyrrole nitrogens is 4. The van der Waals surface area contributed by atoms with Crippen LogP contribution in [0.15, 0.2) is 147 Å². The number of benzene rings is 4. The number of hydrogen-bond donors (Lipinski definition) is 12. The van der Waals surface area contributed by atoms with Gasteiger partial charge in [0.15, 0.2) is 11.6 Å². The highest BCUT2D eigenvalue weighted by atomic mass is 16.7. The molecule has 8 heterocycles. The van der Waals surface area contributed by atoms with Crippen LogP contribution < -0.4 is 42.5 Å². The molecule has 1 aliphatic rings. The largest absolute Gasteiger partial charge is 0.465 e. The van der Waals surface area contributed by atoms with Gasteiger partial charge in [0, 0.05) is 129 Å². The first kappa shape index (κ1) is 77.3. The van der Waals surface area contributed by atoms with Crippen LogP contribution in [0.5, 0.6) is 0 Å². The van der Waals surface area contributed by atoms with E-state index in [1.165, 1.54) is 34.7 Å². The van der Waals surface area contributed by atoms with E-state index in [1.54, 1.807) is 61.7 Å². The number of hydrogen-bond acceptors (Lipinski definition) is 18. The minimum Gasteiger partial charge on any atom is -0.465 e. The van der Waals surface area contributed by atoms with Crippen LogP contribution in [-0.4, -0.2) is 160 Å². The molecule has 31 heteroatoms. The van der Waals surface area contributed by atoms with Gasteiger partial charge in [0.05, 0.1) is 47.4 Å². The molecule has 0 aliphatic heterocycles. The zero-order chi connectivity index (χ0) is 77.0. The molecule has 0 bridgehead atoms. The number of nitrogens with one attached hydrogen (secondary N) is 12. The number of ketones is 2. The highest BCUT2D eigenvalue weighted by Crippen LogP contribution is 2.36. The Morgan fingerprint density at radius 1 is 0.463 bits per heavy atom. The van der Waals surface area contributed by atoms with Gasteiger partial charge in [0.2, 0.25) is 23.8 Å². The molecule has 9 amide bonds. The van der Waals surface area contributed by atoms with E-state index in [2.05, 4.69) is 102 Å². The number of amides is 9. The van der Waals surface area contributed by atoms with Crippen LogP contribution in [0.1, 0.15) is 121 Å². The normalized spacial score (nSPS) is 11.9. The van der Waals surface area contributed by atoms with Crippen LogP contribution in [0.25, 0.3) is 88.6 Å². The Morgan fingerprint density at radius 2 is 0.806 bits per heavy atom. The first-order chi connectivity index (χ1) is 52.1. The Balaban J connectivity index is 0.000000154. The molecule has 108 heavy (non-hydrogen) atoms. The Morgan fingerprint density at radius 3 is 1.15 bits per heavy atom. The zero-order valence-electron chi connectivity index (χ0n) is 61.4. The monoisotopic (exact) mass is 1460 g/mol. The quantitative estimate of drug-likeness (QED) is 0.0216. The topological polar surface area (TPSA) is 421 Å². The molecule has 13 rings (SSSR count). The van der Waals surface area contributed by atoms with Gasteiger partial charge in [-0.05, 0) is 134 Å². The van der Waals surface area contributed by atoms with Gasteiger partial charge in [0.25, 0.3) is 5.91 Å². The summed E-state index contributed by atoms with van der Waals surface area (Å²) in [5, 5.41) is 22.0. The minimum atomic E-state index is -0.510. The highest BCUT2D eigenvalue weighted by molar-refractivity contribution is 6.11. The predicted molar refractivity (Wildman–Crippen MR) is 413 cm³/mol. The molecule has 0 unspecified atom stereocenters. The first-order valence-corrected chi connectivity index (χ1v) is 35.0. The molecule has 8 aromatic heterocycles. The second-order valence-corrected chi connectivity index (χ2v) is 26.0. The van der Waals surface area contributed by atoms with Crippen LogP contribution in [0.3, 0.4) is 0 Å². The molecule has 0 saturated heterocycles. The van der Waals surface area contributed by atoms with Crippen molar-refractivity contribution >= 4 is 115 Å². The summed E-state index contributed by atoms with van der Waals surface area (Å²) in [6, 6.07) is 28.3. The SMILES string of the molecule is CCNC(=O)Nc1nc2c(C(=O)C3CCCCC3)cc(-c3cccnc3)cc2[nH]1.CCNC(=O)Nc1nc2c(C(=O)CC(C)(C)C)cc(-c3cccnc3)cc2[nH]1.CCNC(=O)Nc1nc2c(C(=O)N(C)OC)cc(-c3cccnc3)cc2[nH]1.CNC(=O)Nc1nc2c(C(=O)OC)cc(-c3cccnc3)cc2[nH]1. The molecule has 12 N–H and O–H groups in total. The number of pyridine rings is 4. The number of esters is 1. The van der Waals surface area contributed by atoms with Gasteiger partial charge in [-0.2, -0.15) is 0 Å². The van der Waals surface area contributed by atoms with Crippen LogP contribution in [0, 0.1) is 11.3 Å². The number of hydroxylamine groups is 2. The summed E-state index contributed by atoms with van der Waals surface area (Å²) in [5.74, 6) is 0.420. The second-order valence-electron chi connectivity index (χ2n) is 26.0. The first-order valence-electron chi connectivity index (χ1n) is 35.0. The number of nitrogens with zero attached hydrogens (tertiary/aromatic N) is 9. The van der Waals surface area contributed by atoms with Gasteiger partial charge in [-0.15, -0.1) is 0 Å². The van der Waals surface area contributed by atoms with Crippen molar-refractivity contribution in [2.75, 3.05) is 69.2 Å². The Labute approximate surface area is 620 Å². The summed E-state index contributed by atoms with van der Waals surface area (Å²) in [7, 11) is 5.73. The fourth-order valence-corrected chi connectivity index (χ4v) is 11.9. The van der Waals surface area contributed by atoms with Crippen molar-refractivity contribution in [3.05, 3.63) is 169 Å². The number of fused-ring (bicyclic) bond motifs is 4. The maximum absolute atomic E-state index is 13.4. The van der Waals surface area contributed by atoms with E-state index in [1.807, 2.05) is 126 Å². The summed E-state index contributed by atoms with van der Waals surface area (Å²) in [4.78, 5) is 150. The number of carbonyl (C=O) groups is 8. The maximum atomic E-state index is 13.4. The van der Waals surface area contributed by atoms with Crippen LogP contribution >= 0.6 is 0 Å². The number of methoxy groups -OCH3 is 1. The van der Waals surface area contributed by atoms with Crippen molar-refractivity contribution in [3.8, 4) is 44.5 Å². The van der Waals surface area contributed by atoms with Gasteiger partial charge in [-0.3, -0.25) is 60.4 Å². The molecule has 4 aromatic carbocycles. The standard InChI is InChI=1S/C22H25N5O2.C21H25N5O2.C18H20N6O3.C16H15N5O3/c1-2-24-22(29)27-21-25-18-12-16(15-9-6-10-23-13-15)11-17(19(18)26-21)20(28)14-7-4-3-5-8-14;1-5-23-20(28)26-19-24-16-10-14(13-7-6-8-22-12-13)9-15(18(16)25-19)17(27)11-21(2,3)4;1-4-20-18(26)23-17-21-14-9-12(11-6-5-7-19-10-11)8-13(15(14)22-17)16(25)24(2)27-3;1-17-16(23)21-15-19-12-7-10(9-4-3-5-18-8-9)6-11(13(12)20-15)14(22)24-2/h6,9-14H,2-5,7-8H2,1H3,(H3,24,25,26,27,29);6-10,12H,5,11H2,1-4H3,(H3,23,24,25,26,28);5-10H,4H2,1-3H3,(H3,20,21,22,23,26);3-8H,1-2H3,(H3,17,19,20,21,23). The van der Waals surface area contributed by atoms with Gasteiger partial charge < -0.3 is 45.9 Å². The number of aromatic nitrogens is 12. The number of aromatic amines is 4. The molecule has 0 spiro atoms. The lowest BCUT2D eigenvalue weighted by Gasteiger charge is -2.20. The lowest BCUT2D eigenvalue weighted by molar-refractivity contribution is -0.0755. The molecule has 1 saturated carbocycles. The third kappa shape index (κ3) is 19.7. The zero-order valence-corrected chi connectivity index (χ0v) is 61.4.